The quantitative estimate of drug-likeness (QED) is 0.855. The summed E-state index contributed by atoms with van der Waals surface area (Å²) in [7, 11) is 1.70. The van der Waals surface area contributed by atoms with Crippen molar-refractivity contribution >= 4 is 22.6 Å². The number of nitrogens with one attached hydrogen (secondary N) is 2. The molecule has 0 saturated carbocycles. The van der Waals surface area contributed by atoms with Crippen LogP contribution in [0.25, 0.3) is 10.9 Å². The predicted octanol–water partition coefficient (Wildman–Crippen LogP) is 2.98. The maximum Gasteiger partial charge on any atom is 0.319 e. The van der Waals surface area contributed by atoms with Crippen LogP contribution in [0, 0.1) is 0 Å². The summed E-state index contributed by atoms with van der Waals surface area (Å²) in [4.78, 5) is 12.2. The van der Waals surface area contributed by atoms with Crippen LogP contribution in [-0.2, 0) is 16.0 Å². The molecule has 0 aliphatic carbocycles. The van der Waals surface area contributed by atoms with E-state index in [2.05, 4.69) is 15.2 Å². The van der Waals surface area contributed by atoms with Crippen molar-refractivity contribution < 1.29 is 14.3 Å². The number of urea groups is 1. The Morgan fingerprint density at radius 1 is 1.46 bits per heavy atom. The number of fused-ring (bicyclic) bond motifs is 1. The van der Waals surface area contributed by atoms with Crippen molar-refractivity contribution in [1.29, 1.82) is 0 Å². The van der Waals surface area contributed by atoms with E-state index < -0.39 is 0 Å². The number of hydrogen-bond acceptors (Lipinski definition) is 3. The maximum atomic E-state index is 12.2. The van der Waals surface area contributed by atoms with Crippen LogP contribution < -0.4 is 10.6 Å². The van der Waals surface area contributed by atoms with Gasteiger partial charge in [-0.3, -0.25) is 0 Å². The Hall–Kier alpha value is -2.05. The predicted molar refractivity (Wildman–Crippen MR) is 94.4 cm³/mol. The molecule has 2 aromatic rings. The number of carbonyl (C=O) groups is 1. The molecule has 2 unspecified atom stereocenters. The zero-order chi connectivity index (χ0) is 16.9. The molecule has 1 aromatic heterocycles. The Balaban J connectivity index is 1.61. The first-order valence-corrected chi connectivity index (χ1v) is 8.44. The van der Waals surface area contributed by atoms with E-state index in [-0.39, 0.29) is 18.2 Å². The second-order valence-electron chi connectivity index (χ2n) is 6.21. The van der Waals surface area contributed by atoms with Crippen LogP contribution in [0.4, 0.5) is 10.5 Å². The second-order valence-corrected chi connectivity index (χ2v) is 6.21. The number of carbonyl (C=O) groups excluding carboxylic acids is 1. The number of ether oxygens (including phenoxy) is 2. The molecule has 24 heavy (non-hydrogen) atoms. The van der Waals surface area contributed by atoms with E-state index in [1.54, 1.807) is 7.11 Å². The maximum absolute atomic E-state index is 12.2. The van der Waals surface area contributed by atoms with Gasteiger partial charge in [-0.15, -0.1) is 0 Å². The van der Waals surface area contributed by atoms with Crippen LogP contribution in [0.5, 0.6) is 0 Å². The highest BCUT2D eigenvalue weighted by molar-refractivity contribution is 5.93. The minimum absolute atomic E-state index is 0.00589. The van der Waals surface area contributed by atoms with Crippen molar-refractivity contribution in [2.45, 2.75) is 38.5 Å². The van der Waals surface area contributed by atoms with Crippen LogP contribution >= 0.6 is 0 Å². The number of nitrogens with zero attached hydrogens (tertiary/aromatic N) is 1. The highest BCUT2D eigenvalue weighted by Gasteiger charge is 2.23. The lowest BCUT2D eigenvalue weighted by Gasteiger charge is -2.20. The average Bonchev–Trinajstić information content (AvgIpc) is 3.22. The second kappa shape index (κ2) is 7.68. The van der Waals surface area contributed by atoms with Gasteiger partial charge in [0.15, 0.2) is 0 Å². The Kier molecular flexibility index (Phi) is 5.37. The van der Waals surface area contributed by atoms with Crippen molar-refractivity contribution in [2.24, 2.45) is 0 Å². The fraction of sp³-hybridized carbons (Fsp3) is 0.500. The number of methoxy groups -OCH3 is 1. The molecule has 1 fully saturated rings. The van der Waals surface area contributed by atoms with Gasteiger partial charge in [-0.25, -0.2) is 4.79 Å². The van der Waals surface area contributed by atoms with E-state index in [9.17, 15) is 4.79 Å². The van der Waals surface area contributed by atoms with Gasteiger partial charge in [-0.1, -0.05) is 0 Å². The molecule has 6 nitrogen and oxygen atoms in total. The molecular weight excluding hydrogens is 306 g/mol. The summed E-state index contributed by atoms with van der Waals surface area (Å²) in [6, 6.07) is 7.77. The van der Waals surface area contributed by atoms with Crippen molar-refractivity contribution in [3.63, 3.8) is 0 Å². The minimum Gasteiger partial charge on any atom is -0.383 e. The first-order valence-electron chi connectivity index (χ1n) is 8.44. The zero-order valence-electron chi connectivity index (χ0n) is 14.2. The summed E-state index contributed by atoms with van der Waals surface area (Å²) in [6.07, 6.45) is 4.22. The van der Waals surface area contributed by atoms with E-state index in [1.165, 1.54) is 0 Å². The number of aromatic nitrogens is 1. The van der Waals surface area contributed by atoms with Gasteiger partial charge < -0.3 is 24.7 Å². The van der Waals surface area contributed by atoms with Gasteiger partial charge in [0.1, 0.15) is 0 Å². The highest BCUT2D eigenvalue weighted by atomic mass is 16.5. The Labute approximate surface area is 142 Å². The van der Waals surface area contributed by atoms with Crippen molar-refractivity contribution in [2.75, 3.05) is 25.6 Å². The molecule has 0 radical (unpaired) electrons. The smallest absolute Gasteiger partial charge is 0.319 e. The summed E-state index contributed by atoms with van der Waals surface area (Å²) in [5.41, 5.74) is 1.91. The summed E-state index contributed by atoms with van der Waals surface area (Å²) in [6.45, 7) is 4.25. The Morgan fingerprint density at radius 3 is 3.08 bits per heavy atom. The van der Waals surface area contributed by atoms with Gasteiger partial charge in [0.2, 0.25) is 0 Å². The van der Waals surface area contributed by atoms with E-state index in [1.807, 2.05) is 37.4 Å². The van der Waals surface area contributed by atoms with E-state index >= 15 is 0 Å². The Morgan fingerprint density at radius 2 is 2.33 bits per heavy atom. The van der Waals surface area contributed by atoms with Crippen molar-refractivity contribution in [3.8, 4) is 0 Å². The minimum atomic E-state index is -0.198. The Bertz CT molecular complexity index is 692. The fourth-order valence-corrected chi connectivity index (χ4v) is 3.13. The summed E-state index contributed by atoms with van der Waals surface area (Å²) < 4.78 is 12.9. The van der Waals surface area contributed by atoms with E-state index in [4.69, 9.17) is 9.47 Å². The van der Waals surface area contributed by atoms with Crippen LogP contribution in [0.1, 0.15) is 19.8 Å². The van der Waals surface area contributed by atoms with Gasteiger partial charge in [0, 0.05) is 43.0 Å². The monoisotopic (exact) mass is 331 g/mol. The third-order valence-corrected chi connectivity index (χ3v) is 4.45. The summed E-state index contributed by atoms with van der Waals surface area (Å²) in [5.74, 6) is 0. The third kappa shape index (κ3) is 3.88. The lowest BCUT2D eigenvalue weighted by molar-refractivity contribution is 0.0868. The average molecular weight is 331 g/mol. The van der Waals surface area contributed by atoms with Gasteiger partial charge >= 0.3 is 6.03 Å². The number of anilines is 1. The normalized spacial score (nSPS) is 18.7. The fourth-order valence-electron chi connectivity index (χ4n) is 3.13. The highest BCUT2D eigenvalue weighted by Crippen LogP contribution is 2.21. The molecule has 1 aromatic carbocycles. The summed E-state index contributed by atoms with van der Waals surface area (Å²) >= 11 is 0. The first kappa shape index (κ1) is 16.8. The number of amides is 2. The SMILES string of the molecule is COCCn1ccc2cc(NC(=O)NC(C)C3CCCO3)ccc21. The molecule has 1 aliphatic heterocycles. The van der Waals surface area contributed by atoms with Crippen LogP contribution in [-0.4, -0.2) is 43.1 Å². The first-order chi connectivity index (χ1) is 11.7. The number of hydrogen-bond donors (Lipinski definition) is 2. The molecule has 0 spiro atoms. The molecule has 130 valence electrons. The molecule has 1 aliphatic rings. The lowest BCUT2D eigenvalue weighted by atomic mass is 10.1. The molecule has 0 bridgehead atoms. The number of rotatable bonds is 6. The standard InChI is InChI=1S/C18H25N3O3/c1-13(17-4-3-10-24-17)19-18(22)20-15-5-6-16-14(12-15)7-8-21(16)9-11-23-2/h5-8,12-13,17H,3-4,9-11H2,1-2H3,(H2,19,20,22). The summed E-state index contributed by atoms with van der Waals surface area (Å²) in [5, 5.41) is 6.95. The van der Waals surface area contributed by atoms with Gasteiger partial charge in [-0.2, -0.15) is 0 Å². The molecular formula is C18H25N3O3. The van der Waals surface area contributed by atoms with E-state index in [0.717, 1.165) is 42.6 Å². The zero-order valence-corrected chi connectivity index (χ0v) is 14.2. The molecule has 2 amide bonds. The van der Waals surface area contributed by atoms with Crippen molar-refractivity contribution in [1.82, 2.24) is 9.88 Å². The van der Waals surface area contributed by atoms with Crippen LogP contribution in [0.3, 0.4) is 0 Å². The molecule has 1 saturated heterocycles. The van der Waals surface area contributed by atoms with Crippen LogP contribution in [0.2, 0.25) is 0 Å². The van der Waals surface area contributed by atoms with Crippen LogP contribution in [0.15, 0.2) is 30.5 Å². The topological polar surface area (TPSA) is 64.5 Å². The van der Waals surface area contributed by atoms with E-state index in [0.29, 0.717) is 6.61 Å². The molecule has 6 heteroatoms. The molecule has 3 rings (SSSR count). The lowest BCUT2D eigenvalue weighted by Crippen LogP contribution is -2.42. The van der Waals surface area contributed by atoms with Gasteiger partial charge in [0.05, 0.1) is 18.8 Å². The molecule has 2 heterocycles. The van der Waals surface area contributed by atoms with Gasteiger partial charge in [-0.05, 0) is 44.0 Å². The largest absolute Gasteiger partial charge is 0.383 e. The number of benzene rings is 1. The van der Waals surface area contributed by atoms with Gasteiger partial charge in [0.25, 0.3) is 0 Å². The third-order valence-electron chi connectivity index (χ3n) is 4.45. The molecule has 2 N–H and O–H groups in total. The van der Waals surface area contributed by atoms with Crippen molar-refractivity contribution in [3.05, 3.63) is 30.5 Å². The molecule has 2 atom stereocenters.